The lowest BCUT2D eigenvalue weighted by Gasteiger charge is -2.22. The summed E-state index contributed by atoms with van der Waals surface area (Å²) in [5.41, 5.74) is 4.87. The van der Waals surface area contributed by atoms with E-state index in [1.807, 2.05) is 71.9 Å². The molecule has 2 aromatic rings. The van der Waals surface area contributed by atoms with Gasteiger partial charge in [0.05, 0.1) is 0 Å². The molecular weight excluding hydrogens is 404 g/mol. The molecule has 0 bridgehead atoms. The van der Waals surface area contributed by atoms with E-state index in [0.29, 0.717) is 36.1 Å². The number of hydrogen-bond donors (Lipinski definition) is 2. The van der Waals surface area contributed by atoms with Gasteiger partial charge in [0.15, 0.2) is 12.5 Å². The van der Waals surface area contributed by atoms with Crippen LogP contribution in [0.15, 0.2) is 36.4 Å². The van der Waals surface area contributed by atoms with E-state index in [1.165, 1.54) is 9.80 Å². The van der Waals surface area contributed by atoms with Crippen LogP contribution >= 0.6 is 0 Å². The van der Waals surface area contributed by atoms with Gasteiger partial charge in [-0.3, -0.25) is 9.59 Å². The molecule has 0 spiro atoms. The van der Waals surface area contributed by atoms with Crippen molar-refractivity contribution in [1.82, 2.24) is 9.80 Å². The fourth-order valence-corrected chi connectivity index (χ4v) is 4.19. The molecule has 172 valence electrons. The Hall–Kier alpha value is -2.70. The third-order valence-corrected chi connectivity index (χ3v) is 5.67. The van der Waals surface area contributed by atoms with Crippen LogP contribution in [-0.2, 0) is 0 Å². The predicted octanol–water partition coefficient (Wildman–Crippen LogP) is 4.20. The third kappa shape index (κ3) is 4.71. The molecule has 2 unspecified atom stereocenters. The maximum Gasteiger partial charge on any atom is 0.256 e. The van der Waals surface area contributed by atoms with E-state index < -0.39 is 12.5 Å². The van der Waals surface area contributed by atoms with Crippen LogP contribution in [0.3, 0.4) is 0 Å². The summed E-state index contributed by atoms with van der Waals surface area (Å²) in [5.74, 6) is 0.596. The molecule has 2 amide bonds. The smallest absolute Gasteiger partial charge is 0.256 e. The van der Waals surface area contributed by atoms with Gasteiger partial charge in [-0.2, -0.15) is 0 Å². The first-order chi connectivity index (χ1) is 15.0. The van der Waals surface area contributed by atoms with Crippen LogP contribution < -0.4 is 0 Å². The van der Waals surface area contributed by atoms with Gasteiger partial charge in [0.25, 0.3) is 11.8 Å². The van der Waals surface area contributed by atoms with Gasteiger partial charge in [-0.1, -0.05) is 63.1 Å². The van der Waals surface area contributed by atoms with Gasteiger partial charge in [-0.15, -0.1) is 0 Å². The van der Waals surface area contributed by atoms with Crippen molar-refractivity contribution in [3.63, 3.8) is 0 Å². The Labute approximate surface area is 190 Å². The van der Waals surface area contributed by atoms with Gasteiger partial charge in [0.1, 0.15) is 0 Å². The summed E-state index contributed by atoms with van der Waals surface area (Å²) in [6, 6.07) is 11.2. The number of hydrogen-bond acceptors (Lipinski definition) is 4. The average molecular weight is 439 g/mol. The topological polar surface area (TPSA) is 81.1 Å². The SMILES string of the molecule is Cc1ccc2c(c1)C(=O)N(CC(C)C)C2O.Cc1ccc2c(c1)C(O)N(CC(C)C)C2=O. The Morgan fingerprint density at radius 1 is 0.719 bits per heavy atom. The van der Waals surface area contributed by atoms with E-state index in [9.17, 15) is 19.8 Å². The van der Waals surface area contributed by atoms with E-state index in [0.717, 1.165) is 22.3 Å². The molecule has 2 aliphatic rings. The van der Waals surface area contributed by atoms with Crippen molar-refractivity contribution in [2.45, 2.75) is 54.0 Å². The minimum Gasteiger partial charge on any atom is -0.369 e. The van der Waals surface area contributed by atoms with Crippen molar-refractivity contribution in [3.05, 3.63) is 69.8 Å². The second kappa shape index (κ2) is 9.43. The highest BCUT2D eigenvalue weighted by atomic mass is 16.3. The second-order valence-corrected chi connectivity index (χ2v) is 9.63. The monoisotopic (exact) mass is 438 g/mol. The van der Waals surface area contributed by atoms with Crippen LogP contribution in [0.2, 0.25) is 0 Å². The van der Waals surface area contributed by atoms with Gasteiger partial charge in [0, 0.05) is 35.3 Å². The zero-order valence-electron chi connectivity index (χ0n) is 19.8. The number of amides is 2. The molecule has 2 N–H and O–H groups in total. The Morgan fingerprint density at radius 2 is 1.19 bits per heavy atom. The molecule has 0 radical (unpaired) electrons. The zero-order valence-corrected chi connectivity index (χ0v) is 19.8. The van der Waals surface area contributed by atoms with Crippen molar-refractivity contribution in [2.24, 2.45) is 11.8 Å². The van der Waals surface area contributed by atoms with E-state index >= 15 is 0 Å². The predicted molar refractivity (Wildman–Crippen MR) is 124 cm³/mol. The van der Waals surface area contributed by atoms with Crippen molar-refractivity contribution >= 4 is 11.8 Å². The maximum absolute atomic E-state index is 12.1. The van der Waals surface area contributed by atoms with Crippen LogP contribution in [0.4, 0.5) is 0 Å². The highest BCUT2D eigenvalue weighted by Crippen LogP contribution is 2.33. The number of fused-ring (bicyclic) bond motifs is 2. The van der Waals surface area contributed by atoms with Crippen LogP contribution in [0, 0.1) is 25.7 Å². The van der Waals surface area contributed by atoms with Gasteiger partial charge < -0.3 is 20.0 Å². The minimum atomic E-state index is -0.773. The van der Waals surface area contributed by atoms with Crippen LogP contribution in [0.5, 0.6) is 0 Å². The lowest BCUT2D eigenvalue weighted by molar-refractivity contribution is 0.0119. The number of carbonyl (C=O) groups excluding carboxylic acids is 2. The summed E-state index contributed by atoms with van der Waals surface area (Å²) in [6.45, 7) is 13.2. The van der Waals surface area contributed by atoms with E-state index in [4.69, 9.17) is 0 Å². The van der Waals surface area contributed by atoms with E-state index in [-0.39, 0.29) is 11.8 Å². The summed E-state index contributed by atoms with van der Waals surface area (Å²) < 4.78 is 0. The first-order valence-electron chi connectivity index (χ1n) is 11.2. The molecule has 0 aliphatic carbocycles. The molecule has 0 saturated carbocycles. The number of aliphatic hydroxyl groups is 2. The molecule has 0 fully saturated rings. The number of carbonyl (C=O) groups is 2. The van der Waals surface area contributed by atoms with E-state index in [2.05, 4.69) is 0 Å². The largest absolute Gasteiger partial charge is 0.369 e. The van der Waals surface area contributed by atoms with Crippen molar-refractivity contribution < 1.29 is 19.8 Å². The quantitative estimate of drug-likeness (QED) is 0.750. The normalized spacial score (nSPS) is 19.4. The highest BCUT2D eigenvalue weighted by Gasteiger charge is 2.36. The van der Waals surface area contributed by atoms with Gasteiger partial charge >= 0.3 is 0 Å². The summed E-state index contributed by atoms with van der Waals surface area (Å²) >= 11 is 0. The number of nitrogens with zero attached hydrogens (tertiary/aromatic N) is 2. The molecule has 2 aliphatic heterocycles. The average Bonchev–Trinajstić information content (AvgIpc) is 3.08. The lowest BCUT2D eigenvalue weighted by atomic mass is 10.1. The maximum atomic E-state index is 12.1. The molecule has 4 rings (SSSR count). The standard InChI is InChI=1S/2C13H17NO2/c2*1-8(2)7-14-12(15)10-5-4-9(3)6-11(10)13(14)16/h4-6,8,13,16H,7H2,1-3H3;4-6,8,12,15H,7H2,1-3H3. The molecule has 2 heterocycles. The number of aryl methyl sites for hydroxylation is 2. The molecule has 0 aromatic heterocycles. The Morgan fingerprint density at radius 3 is 1.75 bits per heavy atom. The minimum absolute atomic E-state index is 0.0556. The second-order valence-electron chi connectivity index (χ2n) is 9.63. The first kappa shape index (κ1) is 24.0. The van der Waals surface area contributed by atoms with Crippen molar-refractivity contribution in [3.8, 4) is 0 Å². The van der Waals surface area contributed by atoms with Crippen LogP contribution in [-0.4, -0.2) is 44.9 Å². The summed E-state index contributed by atoms with van der Waals surface area (Å²) in [5, 5.41) is 20.1. The molecule has 6 nitrogen and oxygen atoms in total. The fourth-order valence-electron chi connectivity index (χ4n) is 4.19. The summed E-state index contributed by atoms with van der Waals surface area (Å²) in [6.07, 6.45) is -1.55. The van der Waals surface area contributed by atoms with E-state index in [1.54, 1.807) is 6.07 Å². The molecular formula is C26H34N2O4. The highest BCUT2D eigenvalue weighted by molar-refractivity contribution is 5.99. The van der Waals surface area contributed by atoms with Crippen LogP contribution in [0.25, 0.3) is 0 Å². The number of benzene rings is 2. The third-order valence-electron chi connectivity index (χ3n) is 5.67. The van der Waals surface area contributed by atoms with Crippen molar-refractivity contribution in [2.75, 3.05) is 13.1 Å². The molecule has 0 saturated heterocycles. The molecule has 6 heteroatoms. The summed E-state index contributed by atoms with van der Waals surface area (Å²) in [7, 11) is 0. The first-order valence-corrected chi connectivity index (χ1v) is 11.2. The molecule has 2 atom stereocenters. The van der Waals surface area contributed by atoms with Crippen LogP contribution in [0.1, 0.15) is 83.1 Å². The Bertz CT molecular complexity index is 1010. The molecule has 2 aromatic carbocycles. The fraction of sp³-hybridized carbons (Fsp3) is 0.462. The zero-order chi connectivity index (χ0) is 23.7. The van der Waals surface area contributed by atoms with Crippen molar-refractivity contribution in [1.29, 1.82) is 0 Å². The van der Waals surface area contributed by atoms with Gasteiger partial charge in [-0.05, 0) is 37.8 Å². The molecule has 32 heavy (non-hydrogen) atoms. The Kier molecular flexibility index (Phi) is 7.06. The Balaban J connectivity index is 0.000000181. The number of aliphatic hydroxyl groups excluding tert-OH is 2. The lowest BCUT2D eigenvalue weighted by Crippen LogP contribution is -2.31. The number of rotatable bonds is 4. The van der Waals surface area contributed by atoms with Gasteiger partial charge in [-0.25, -0.2) is 0 Å². The van der Waals surface area contributed by atoms with Gasteiger partial charge in [0.2, 0.25) is 0 Å². The summed E-state index contributed by atoms with van der Waals surface area (Å²) in [4.78, 5) is 27.2.